The summed E-state index contributed by atoms with van der Waals surface area (Å²) in [5, 5.41) is 0. The number of carbonyl (C=O) groups is 1. The van der Waals surface area contributed by atoms with Crippen LogP contribution in [0.2, 0.25) is 0 Å². The quantitative estimate of drug-likeness (QED) is 0.461. The summed E-state index contributed by atoms with van der Waals surface area (Å²) in [5.41, 5.74) is -0.556. The van der Waals surface area contributed by atoms with Gasteiger partial charge in [-0.15, -0.1) is 0 Å². The van der Waals surface area contributed by atoms with Crippen LogP contribution in [0.1, 0.15) is 34.6 Å². The molecule has 96 valence electrons. The van der Waals surface area contributed by atoms with Crippen molar-refractivity contribution in [1.82, 2.24) is 0 Å². The molecular formula is C9H19O6P. The molecule has 0 bridgehead atoms. The molecule has 0 aromatic heterocycles. The summed E-state index contributed by atoms with van der Waals surface area (Å²) in [7, 11) is -3.74. The molecule has 16 heavy (non-hydrogen) atoms. The molecule has 0 aliphatic heterocycles. The zero-order valence-electron chi connectivity index (χ0n) is 10.2. The fraction of sp³-hybridized carbons (Fsp3) is 0.889. The predicted molar refractivity (Wildman–Crippen MR) is 58.2 cm³/mol. The zero-order valence-corrected chi connectivity index (χ0v) is 11.1. The van der Waals surface area contributed by atoms with Gasteiger partial charge in [0.15, 0.2) is 0 Å². The maximum Gasteiger partial charge on any atom is 0.510 e. The summed E-state index contributed by atoms with van der Waals surface area (Å²) in [6.07, 6.45) is -2.36. The molecule has 0 rings (SSSR count). The first-order chi connectivity index (χ1) is 7.15. The minimum Gasteiger partial charge on any atom is -0.432 e. The first-order valence-corrected chi connectivity index (χ1v) is 6.68. The van der Waals surface area contributed by atoms with Crippen LogP contribution in [-0.4, -0.2) is 29.1 Å². The maximum atomic E-state index is 11.4. The number of ether oxygens (including phenoxy) is 2. The van der Waals surface area contributed by atoms with Crippen molar-refractivity contribution in [2.45, 2.75) is 52.7 Å². The van der Waals surface area contributed by atoms with E-state index in [4.69, 9.17) is 4.52 Å². The van der Waals surface area contributed by atoms with Gasteiger partial charge in [-0.1, -0.05) is 13.8 Å². The number of hydrogen-bond donors (Lipinski definition) is 1. The molecule has 0 heterocycles. The van der Waals surface area contributed by atoms with Crippen molar-refractivity contribution >= 4 is 13.8 Å². The Labute approximate surface area is 95.4 Å². The summed E-state index contributed by atoms with van der Waals surface area (Å²) < 4.78 is 25.5. The second-order valence-electron chi connectivity index (χ2n) is 3.87. The van der Waals surface area contributed by atoms with Crippen LogP contribution in [0.15, 0.2) is 0 Å². The minimum absolute atomic E-state index is 0.314. The van der Waals surface area contributed by atoms with E-state index < -0.39 is 25.7 Å². The largest absolute Gasteiger partial charge is 0.510 e. The van der Waals surface area contributed by atoms with Crippen molar-refractivity contribution in [3.8, 4) is 0 Å². The Morgan fingerprint density at radius 3 is 2.00 bits per heavy atom. The lowest BCUT2D eigenvalue weighted by atomic mass is 10.5. The van der Waals surface area contributed by atoms with E-state index in [9.17, 15) is 14.3 Å². The Morgan fingerprint density at radius 1 is 1.12 bits per heavy atom. The third kappa shape index (κ3) is 6.10. The van der Waals surface area contributed by atoms with Crippen molar-refractivity contribution in [3.05, 3.63) is 0 Å². The molecule has 7 heteroatoms. The zero-order chi connectivity index (χ0) is 12.9. The molecule has 0 aromatic carbocycles. The molecule has 1 N–H and O–H groups in total. The Morgan fingerprint density at radius 2 is 1.62 bits per heavy atom. The first-order valence-electron chi connectivity index (χ1n) is 5.03. The molecule has 0 aliphatic carbocycles. The third-order valence-corrected chi connectivity index (χ3v) is 3.45. The smallest absolute Gasteiger partial charge is 0.432 e. The summed E-state index contributed by atoms with van der Waals surface area (Å²) in [6.45, 7) is 7.77. The minimum atomic E-state index is -3.74. The molecule has 0 aromatic rings. The summed E-state index contributed by atoms with van der Waals surface area (Å²) in [6, 6.07) is 0. The molecule has 0 radical (unpaired) electrons. The summed E-state index contributed by atoms with van der Waals surface area (Å²) in [5.74, 6) is 0. The van der Waals surface area contributed by atoms with Crippen LogP contribution in [0, 0.1) is 0 Å². The molecule has 0 amide bonds. The van der Waals surface area contributed by atoms with E-state index in [2.05, 4.69) is 9.47 Å². The van der Waals surface area contributed by atoms with E-state index in [0.29, 0.717) is 0 Å². The van der Waals surface area contributed by atoms with Gasteiger partial charge in [-0.05, 0) is 20.8 Å². The Balaban J connectivity index is 4.14. The highest BCUT2D eigenvalue weighted by Crippen LogP contribution is 2.48. The molecule has 0 saturated heterocycles. The second-order valence-corrected chi connectivity index (χ2v) is 6.24. The second kappa shape index (κ2) is 6.23. The maximum absolute atomic E-state index is 11.4. The lowest BCUT2D eigenvalue weighted by Crippen LogP contribution is -2.21. The summed E-state index contributed by atoms with van der Waals surface area (Å²) >= 11 is 0. The number of hydrogen-bond acceptors (Lipinski definition) is 5. The number of carbonyl (C=O) groups excluding carboxylic acids is 1. The van der Waals surface area contributed by atoms with Gasteiger partial charge in [0.25, 0.3) is 0 Å². The molecule has 0 aliphatic rings. The van der Waals surface area contributed by atoms with Crippen molar-refractivity contribution < 1.29 is 28.3 Å². The molecule has 0 spiro atoms. The Bertz CT molecular complexity index is 275. The van der Waals surface area contributed by atoms with Gasteiger partial charge >= 0.3 is 13.8 Å². The molecule has 6 nitrogen and oxygen atoms in total. The van der Waals surface area contributed by atoms with E-state index in [1.165, 1.54) is 6.92 Å². The highest BCUT2D eigenvalue weighted by atomic mass is 31.2. The van der Waals surface area contributed by atoms with Crippen molar-refractivity contribution in [2.75, 3.05) is 0 Å². The monoisotopic (exact) mass is 254 g/mol. The van der Waals surface area contributed by atoms with Crippen LogP contribution in [0.5, 0.6) is 0 Å². The molecule has 0 saturated carbocycles. The van der Waals surface area contributed by atoms with E-state index in [0.717, 1.165) is 0 Å². The molecule has 2 atom stereocenters. The highest BCUT2D eigenvalue weighted by Gasteiger charge is 2.28. The Hall–Kier alpha value is -0.580. The fourth-order valence-corrected chi connectivity index (χ4v) is 1.42. The Kier molecular flexibility index (Phi) is 6.00. The summed E-state index contributed by atoms with van der Waals surface area (Å²) in [4.78, 5) is 20.4. The first kappa shape index (κ1) is 15.4. The van der Waals surface area contributed by atoms with Crippen LogP contribution in [-0.2, 0) is 18.6 Å². The topological polar surface area (TPSA) is 82.1 Å². The van der Waals surface area contributed by atoms with Crippen LogP contribution in [0.3, 0.4) is 0 Å². The average Bonchev–Trinajstić information content (AvgIpc) is 1.99. The molecular weight excluding hydrogens is 235 g/mol. The van der Waals surface area contributed by atoms with Gasteiger partial charge in [0, 0.05) is 0 Å². The van der Waals surface area contributed by atoms with Gasteiger partial charge < -0.3 is 14.4 Å². The van der Waals surface area contributed by atoms with Crippen molar-refractivity contribution in [2.24, 2.45) is 0 Å². The fourth-order valence-electron chi connectivity index (χ4n) is 0.712. The van der Waals surface area contributed by atoms with Gasteiger partial charge in [-0.25, -0.2) is 4.79 Å². The highest BCUT2D eigenvalue weighted by molar-refractivity contribution is 7.53. The van der Waals surface area contributed by atoms with Gasteiger partial charge in [0.1, 0.15) is 0 Å². The molecule has 2 unspecified atom stereocenters. The van der Waals surface area contributed by atoms with Crippen molar-refractivity contribution in [1.29, 1.82) is 0 Å². The van der Waals surface area contributed by atoms with Gasteiger partial charge in [-0.3, -0.25) is 9.09 Å². The van der Waals surface area contributed by atoms with Gasteiger partial charge in [0.05, 0.1) is 11.8 Å². The SMILES string of the molecule is CC(C)OC(=O)OC(C)OP(=O)(O)C(C)C. The lowest BCUT2D eigenvalue weighted by molar-refractivity contribution is -0.0645. The van der Waals surface area contributed by atoms with E-state index in [-0.39, 0.29) is 6.10 Å². The normalized spacial score (nSPS) is 17.0. The van der Waals surface area contributed by atoms with Crippen LogP contribution in [0.25, 0.3) is 0 Å². The lowest BCUT2D eigenvalue weighted by Gasteiger charge is -2.20. The van der Waals surface area contributed by atoms with Crippen LogP contribution >= 0.6 is 7.60 Å². The third-order valence-electron chi connectivity index (χ3n) is 1.55. The van der Waals surface area contributed by atoms with Crippen molar-refractivity contribution in [3.63, 3.8) is 0 Å². The standard InChI is InChI=1S/C9H19O6P/c1-6(2)13-9(10)14-8(5)15-16(11,12)7(3)4/h6-8H,1-5H3,(H,11,12). The van der Waals surface area contributed by atoms with Gasteiger partial charge in [0.2, 0.25) is 6.29 Å². The van der Waals surface area contributed by atoms with E-state index in [1.54, 1.807) is 27.7 Å². The van der Waals surface area contributed by atoms with E-state index in [1.807, 2.05) is 0 Å². The predicted octanol–water partition coefficient (Wildman–Crippen LogP) is 2.50. The van der Waals surface area contributed by atoms with Crippen LogP contribution < -0.4 is 0 Å². The average molecular weight is 254 g/mol. The van der Waals surface area contributed by atoms with Gasteiger partial charge in [-0.2, -0.15) is 0 Å². The molecule has 0 fully saturated rings. The van der Waals surface area contributed by atoms with E-state index >= 15 is 0 Å². The van der Waals surface area contributed by atoms with Crippen LogP contribution in [0.4, 0.5) is 4.79 Å². The number of rotatable bonds is 5.